The Labute approximate surface area is 188 Å². The SMILES string of the molecule is Cc1ccc(C(C#N)(CC2CC3CCCC(C2)[N+]3(C)C)c2ccc(C)s2)s1.[Br-]. The van der Waals surface area contributed by atoms with Gasteiger partial charge in [0.05, 0.1) is 32.2 Å². The normalized spacial score (nSPS) is 26.3. The van der Waals surface area contributed by atoms with Gasteiger partial charge in [0.25, 0.3) is 0 Å². The smallest absolute Gasteiger partial charge is 0.126 e. The van der Waals surface area contributed by atoms with Gasteiger partial charge in [0.2, 0.25) is 0 Å². The Morgan fingerprint density at radius 1 is 1.00 bits per heavy atom. The average molecular weight is 480 g/mol. The van der Waals surface area contributed by atoms with Crippen molar-refractivity contribution in [3.8, 4) is 6.07 Å². The van der Waals surface area contributed by atoms with Gasteiger partial charge < -0.3 is 21.5 Å². The zero-order valence-electron chi connectivity index (χ0n) is 17.4. The molecule has 2 saturated heterocycles. The second-order valence-corrected chi connectivity index (χ2v) is 11.8. The molecule has 2 aromatic heterocycles. The molecule has 5 heteroatoms. The molecule has 0 aliphatic carbocycles. The van der Waals surface area contributed by atoms with Crippen molar-refractivity contribution >= 4 is 22.7 Å². The molecule has 0 amide bonds. The van der Waals surface area contributed by atoms with Crippen LogP contribution < -0.4 is 17.0 Å². The second kappa shape index (κ2) is 8.22. The third kappa shape index (κ3) is 3.74. The summed E-state index contributed by atoms with van der Waals surface area (Å²) < 4.78 is 1.20. The van der Waals surface area contributed by atoms with E-state index in [-0.39, 0.29) is 17.0 Å². The van der Waals surface area contributed by atoms with Gasteiger partial charge in [0, 0.05) is 32.4 Å². The van der Waals surface area contributed by atoms with Crippen LogP contribution in [0.25, 0.3) is 0 Å². The van der Waals surface area contributed by atoms with Gasteiger partial charge >= 0.3 is 0 Å². The molecular weight excluding hydrogens is 448 g/mol. The highest BCUT2D eigenvalue weighted by Crippen LogP contribution is 2.49. The Balaban J connectivity index is 0.00000225. The molecule has 2 nitrogen and oxygen atoms in total. The molecule has 2 atom stereocenters. The van der Waals surface area contributed by atoms with Crippen LogP contribution in [0.2, 0.25) is 0 Å². The van der Waals surface area contributed by atoms with Crippen LogP contribution in [0.15, 0.2) is 24.3 Å². The lowest BCUT2D eigenvalue weighted by atomic mass is 9.69. The molecule has 2 fully saturated rings. The van der Waals surface area contributed by atoms with Crippen molar-refractivity contribution in [1.29, 1.82) is 5.26 Å². The van der Waals surface area contributed by atoms with Crippen LogP contribution in [-0.2, 0) is 5.41 Å². The molecule has 2 unspecified atom stereocenters. The zero-order chi connectivity index (χ0) is 19.2. The predicted molar refractivity (Wildman–Crippen MR) is 115 cm³/mol. The van der Waals surface area contributed by atoms with Crippen LogP contribution in [0.4, 0.5) is 0 Å². The lowest BCUT2D eigenvalue weighted by Gasteiger charge is -2.54. The summed E-state index contributed by atoms with van der Waals surface area (Å²) in [6.45, 7) is 4.31. The number of halogens is 1. The molecule has 2 aliphatic rings. The standard InChI is InChI=1S/C23H31N2S2.BrH/c1-16-8-10-21(26-16)23(15-24,22-11-9-17(2)27-22)14-18-12-19-6-5-7-20(13-18)25(19,3)4;/h8-11,18-20H,5-7,12-14H2,1-4H3;1H/q+1;/p-1. The number of fused-ring (bicyclic) bond motifs is 2. The first-order valence-corrected chi connectivity index (χ1v) is 11.9. The number of piperidine rings is 2. The Hall–Kier alpha value is -0.670. The largest absolute Gasteiger partial charge is 1.00 e. The molecule has 2 aliphatic heterocycles. The van der Waals surface area contributed by atoms with Gasteiger partial charge in [0.15, 0.2) is 0 Å². The van der Waals surface area contributed by atoms with Crippen molar-refractivity contribution in [2.24, 2.45) is 5.92 Å². The van der Waals surface area contributed by atoms with Crippen molar-refractivity contribution in [3.63, 3.8) is 0 Å². The molecule has 28 heavy (non-hydrogen) atoms. The van der Waals surface area contributed by atoms with E-state index in [1.165, 1.54) is 56.1 Å². The fourth-order valence-corrected chi connectivity index (χ4v) is 7.73. The second-order valence-electron chi connectivity index (χ2n) is 9.25. The number of nitriles is 1. The average Bonchev–Trinajstić information content (AvgIpc) is 3.22. The minimum absolute atomic E-state index is 0. The fourth-order valence-electron chi connectivity index (χ4n) is 5.60. The Morgan fingerprint density at radius 2 is 1.50 bits per heavy atom. The number of hydrogen-bond acceptors (Lipinski definition) is 3. The summed E-state index contributed by atoms with van der Waals surface area (Å²) in [5.74, 6) is 0.649. The van der Waals surface area contributed by atoms with E-state index in [9.17, 15) is 5.26 Å². The molecule has 0 spiro atoms. The van der Waals surface area contributed by atoms with Crippen molar-refractivity contribution < 1.29 is 21.5 Å². The first-order valence-electron chi connectivity index (χ1n) is 10.2. The Morgan fingerprint density at radius 3 is 1.89 bits per heavy atom. The number of aryl methyl sites for hydroxylation is 2. The van der Waals surface area contributed by atoms with E-state index >= 15 is 0 Å². The maximum absolute atomic E-state index is 10.5. The minimum Gasteiger partial charge on any atom is -1.00 e. The van der Waals surface area contributed by atoms with E-state index in [1.807, 2.05) is 22.7 Å². The Bertz CT molecular complexity index is 804. The van der Waals surface area contributed by atoms with Crippen molar-refractivity contribution in [2.45, 2.75) is 69.9 Å². The maximum atomic E-state index is 10.5. The molecule has 0 N–H and O–H groups in total. The minimum atomic E-state index is -0.467. The number of nitrogens with zero attached hydrogens (tertiary/aromatic N) is 2. The number of rotatable bonds is 4. The van der Waals surface area contributed by atoms with Crippen LogP contribution in [0, 0.1) is 31.1 Å². The number of quaternary nitrogens is 1. The summed E-state index contributed by atoms with van der Waals surface area (Å²) >= 11 is 3.63. The summed E-state index contributed by atoms with van der Waals surface area (Å²) in [6.07, 6.45) is 7.65. The van der Waals surface area contributed by atoms with E-state index in [0.717, 1.165) is 18.5 Å². The molecule has 4 heterocycles. The maximum Gasteiger partial charge on any atom is 0.126 e. The molecule has 4 rings (SSSR count). The van der Waals surface area contributed by atoms with Crippen LogP contribution in [0.1, 0.15) is 58.0 Å². The third-order valence-electron chi connectivity index (χ3n) is 7.28. The quantitative estimate of drug-likeness (QED) is 0.619. The van der Waals surface area contributed by atoms with Gasteiger partial charge in [0.1, 0.15) is 5.41 Å². The van der Waals surface area contributed by atoms with Crippen molar-refractivity contribution in [2.75, 3.05) is 14.1 Å². The molecule has 2 bridgehead atoms. The highest BCUT2D eigenvalue weighted by Gasteiger charge is 2.49. The van der Waals surface area contributed by atoms with E-state index < -0.39 is 5.41 Å². The summed E-state index contributed by atoms with van der Waals surface area (Å²) in [7, 11) is 4.88. The molecule has 0 radical (unpaired) electrons. The van der Waals surface area contributed by atoms with E-state index in [2.05, 4.69) is 58.3 Å². The molecule has 152 valence electrons. The third-order valence-corrected chi connectivity index (χ3v) is 9.60. The topological polar surface area (TPSA) is 23.8 Å². The first kappa shape index (κ1) is 22.0. The highest BCUT2D eigenvalue weighted by molar-refractivity contribution is 7.13. The predicted octanol–water partition coefficient (Wildman–Crippen LogP) is 3.04. The Kier molecular flexibility index (Phi) is 6.47. The number of hydrogen-bond donors (Lipinski definition) is 0. The van der Waals surface area contributed by atoms with Crippen molar-refractivity contribution in [3.05, 3.63) is 43.8 Å². The van der Waals surface area contributed by atoms with Gasteiger partial charge in [-0.05, 0) is 69.7 Å². The van der Waals surface area contributed by atoms with Gasteiger partial charge in [-0.2, -0.15) is 5.26 Å². The highest BCUT2D eigenvalue weighted by atomic mass is 79.9. The van der Waals surface area contributed by atoms with Crippen molar-refractivity contribution in [1.82, 2.24) is 0 Å². The van der Waals surface area contributed by atoms with Crippen LogP contribution in [0.3, 0.4) is 0 Å². The summed E-state index contributed by atoms with van der Waals surface area (Å²) in [5, 5.41) is 10.5. The molecule has 0 saturated carbocycles. The first-order chi connectivity index (χ1) is 12.8. The van der Waals surface area contributed by atoms with Gasteiger partial charge in [-0.25, -0.2) is 0 Å². The van der Waals surface area contributed by atoms with Crippen LogP contribution in [-0.4, -0.2) is 30.7 Å². The van der Waals surface area contributed by atoms with Crippen LogP contribution >= 0.6 is 22.7 Å². The summed E-state index contributed by atoms with van der Waals surface area (Å²) in [5.41, 5.74) is -0.467. The van der Waals surface area contributed by atoms with E-state index in [0.29, 0.717) is 5.92 Å². The lowest BCUT2D eigenvalue weighted by molar-refractivity contribution is -0.950. The summed E-state index contributed by atoms with van der Waals surface area (Å²) in [6, 6.07) is 13.2. The zero-order valence-corrected chi connectivity index (χ0v) is 20.6. The van der Waals surface area contributed by atoms with Gasteiger partial charge in [-0.1, -0.05) is 0 Å². The molecule has 2 aromatic rings. The summed E-state index contributed by atoms with van der Waals surface area (Å²) in [4.78, 5) is 5.09. The lowest BCUT2D eigenvalue weighted by Crippen LogP contribution is -3.00. The van der Waals surface area contributed by atoms with E-state index in [1.54, 1.807) is 0 Å². The number of thiophene rings is 2. The van der Waals surface area contributed by atoms with E-state index in [4.69, 9.17) is 0 Å². The molecular formula is C23H31BrN2S2. The van der Waals surface area contributed by atoms with Crippen LogP contribution in [0.5, 0.6) is 0 Å². The monoisotopic (exact) mass is 478 g/mol. The van der Waals surface area contributed by atoms with Gasteiger partial charge in [-0.3, -0.25) is 0 Å². The fraction of sp³-hybridized carbons (Fsp3) is 0.609. The molecule has 0 aromatic carbocycles. The van der Waals surface area contributed by atoms with Gasteiger partial charge in [-0.15, -0.1) is 22.7 Å².